The molecule has 3 heterocycles. The number of hydrogen-bond donors (Lipinski definition) is 1. The predicted octanol–water partition coefficient (Wildman–Crippen LogP) is 1.57. The lowest BCUT2D eigenvalue weighted by atomic mass is 9.81. The largest absolute Gasteiger partial charge is 0.311 e. The first-order chi connectivity index (χ1) is 8.62. The minimum Gasteiger partial charge on any atom is -0.311 e. The Bertz CT molecular complexity index is 457. The number of aromatic nitrogens is 1. The van der Waals surface area contributed by atoms with Crippen molar-refractivity contribution in [2.24, 2.45) is 5.41 Å². The summed E-state index contributed by atoms with van der Waals surface area (Å²) in [6, 6.07) is 4.38. The Kier molecular flexibility index (Phi) is 2.63. The van der Waals surface area contributed by atoms with E-state index in [1.807, 2.05) is 30.9 Å². The number of hydrogen-bond acceptors (Lipinski definition) is 3. The van der Waals surface area contributed by atoms with Gasteiger partial charge in [-0.3, -0.25) is 9.78 Å². The number of carbonyl (C=O) groups is 1. The Morgan fingerprint density at radius 3 is 2.83 bits per heavy atom. The second-order valence-corrected chi connectivity index (χ2v) is 5.74. The van der Waals surface area contributed by atoms with Crippen molar-refractivity contribution < 1.29 is 4.79 Å². The number of nitrogens with one attached hydrogen (secondary N) is 1. The van der Waals surface area contributed by atoms with Gasteiger partial charge in [0.1, 0.15) is 0 Å². The first-order valence-corrected chi connectivity index (χ1v) is 6.59. The summed E-state index contributed by atoms with van der Waals surface area (Å²) in [5.74, 6) is 0.220. The summed E-state index contributed by atoms with van der Waals surface area (Å²) in [5.41, 5.74) is 0.647. The van der Waals surface area contributed by atoms with E-state index in [-0.39, 0.29) is 23.4 Å². The van der Waals surface area contributed by atoms with Crippen LogP contribution in [0.1, 0.15) is 26.7 Å². The molecule has 2 aliphatic heterocycles. The van der Waals surface area contributed by atoms with Crippen molar-refractivity contribution >= 4 is 11.6 Å². The summed E-state index contributed by atoms with van der Waals surface area (Å²) in [5, 5.41) is 3.52. The van der Waals surface area contributed by atoms with E-state index in [0.29, 0.717) is 0 Å². The van der Waals surface area contributed by atoms with Crippen LogP contribution in [0.5, 0.6) is 0 Å². The Morgan fingerprint density at radius 2 is 2.11 bits per heavy atom. The second-order valence-electron chi connectivity index (χ2n) is 5.74. The minimum atomic E-state index is -0.325. The third kappa shape index (κ3) is 1.56. The van der Waals surface area contributed by atoms with Crippen molar-refractivity contribution in [1.29, 1.82) is 0 Å². The SMILES string of the molecule is CC1(C)C(=O)N(c2ccncc2)C2CCCNC21. The van der Waals surface area contributed by atoms with Gasteiger partial charge in [-0.1, -0.05) is 0 Å². The number of piperidine rings is 1. The van der Waals surface area contributed by atoms with E-state index in [4.69, 9.17) is 0 Å². The third-order valence-corrected chi connectivity index (χ3v) is 4.25. The van der Waals surface area contributed by atoms with Gasteiger partial charge in [-0.25, -0.2) is 0 Å². The summed E-state index contributed by atoms with van der Waals surface area (Å²) in [6.07, 6.45) is 5.71. The molecule has 2 fully saturated rings. The normalized spacial score (nSPS) is 30.3. The molecule has 1 aromatic rings. The third-order valence-electron chi connectivity index (χ3n) is 4.25. The number of fused-ring (bicyclic) bond motifs is 1. The molecule has 0 radical (unpaired) electrons. The lowest BCUT2D eigenvalue weighted by Gasteiger charge is -2.34. The predicted molar refractivity (Wildman–Crippen MR) is 70.3 cm³/mol. The minimum absolute atomic E-state index is 0.220. The molecule has 0 aliphatic carbocycles. The van der Waals surface area contributed by atoms with Crippen LogP contribution < -0.4 is 10.2 Å². The van der Waals surface area contributed by atoms with E-state index in [9.17, 15) is 4.79 Å². The molecular formula is C14H19N3O. The van der Waals surface area contributed by atoms with Gasteiger partial charge in [-0.05, 0) is 45.4 Å². The molecule has 18 heavy (non-hydrogen) atoms. The maximum atomic E-state index is 12.7. The van der Waals surface area contributed by atoms with Crippen LogP contribution >= 0.6 is 0 Å². The zero-order chi connectivity index (χ0) is 12.8. The first-order valence-electron chi connectivity index (χ1n) is 6.59. The highest BCUT2D eigenvalue weighted by Crippen LogP contribution is 2.41. The fourth-order valence-electron chi connectivity index (χ4n) is 3.29. The summed E-state index contributed by atoms with van der Waals surface area (Å²) in [4.78, 5) is 18.7. The number of pyridine rings is 1. The lowest BCUT2D eigenvalue weighted by molar-refractivity contribution is -0.124. The second kappa shape index (κ2) is 4.05. The topological polar surface area (TPSA) is 45.2 Å². The van der Waals surface area contributed by atoms with Crippen LogP contribution in [0.25, 0.3) is 0 Å². The fraction of sp³-hybridized carbons (Fsp3) is 0.571. The zero-order valence-electron chi connectivity index (χ0n) is 10.9. The van der Waals surface area contributed by atoms with E-state index in [0.717, 1.165) is 25.1 Å². The smallest absolute Gasteiger partial charge is 0.234 e. The maximum absolute atomic E-state index is 12.7. The molecule has 3 rings (SSSR count). The molecule has 2 aliphatic rings. The van der Waals surface area contributed by atoms with Crippen LogP contribution in [-0.2, 0) is 4.79 Å². The summed E-state index contributed by atoms with van der Waals surface area (Å²) >= 11 is 0. The molecule has 0 saturated carbocycles. The lowest BCUT2D eigenvalue weighted by Crippen LogP contribution is -2.50. The standard InChI is InChI=1S/C14H19N3O/c1-14(2)12-11(4-3-7-16-12)17(13(14)18)10-5-8-15-9-6-10/h5-6,8-9,11-12,16H,3-4,7H2,1-2H3. The van der Waals surface area contributed by atoms with Gasteiger partial charge in [0, 0.05) is 24.1 Å². The molecular weight excluding hydrogens is 226 g/mol. The van der Waals surface area contributed by atoms with Crippen LogP contribution in [0.15, 0.2) is 24.5 Å². The van der Waals surface area contributed by atoms with Gasteiger partial charge in [0.2, 0.25) is 5.91 Å². The van der Waals surface area contributed by atoms with E-state index in [1.54, 1.807) is 12.4 Å². The van der Waals surface area contributed by atoms with Crippen LogP contribution in [-0.4, -0.2) is 29.5 Å². The van der Waals surface area contributed by atoms with Gasteiger partial charge in [0.25, 0.3) is 0 Å². The molecule has 2 unspecified atom stereocenters. The summed E-state index contributed by atoms with van der Waals surface area (Å²) < 4.78 is 0. The molecule has 0 spiro atoms. The van der Waals surface area contributed by atoms with Crippen molar-refractivity contribution in [3.8, 4) is 0 Å². The fourth-order valence-corrected chi connectivity index (χ4v) is 3.29. The van der Waals surface area contributed by atoms with Gasteiger partial charge in [-0.15, -0.1) is 0 Å². The molecule has 1 aromatic heterocycles. The average Bonchev–Trinajstić information content (AvgIpc) is 2.60. The van der Waals surface area contributed by atoms with Crippen molar-refractivity contribution in [3.05, 3.63) is 24.5 Å². The van der Waals surface area contributed by atoms with E-state index in [1.165, 1.54) is 0 Å². The molecule has 4 heteroatoms. The number of nitrogens with zero attached hydrogens (tertiary/aromatic N) is 2. The van der Waals surface area contributed by atoms with Crippen molar-refractivity contribution in [1.82, 2.24) is 10.3 Å². The average molecular weight is 245 g/mol. The highest BCUT2D eigenvalue weighted by Gasteiger charge is 2.54. The van der Waals surface area contributed by atoms with Crippen molar-refractivity contribution in [2.45, 2.75) is 38.8 Å². The quantitative estimate of drug-likeness (QED) is 0.817. The molecule has 0 aromatic carbocycles. The van der Waals surface area contributed by atoms with E-state index in [2.05, 4.69) is 10.3 Å². The van der Waals surface area contributed by atoms with Crippen LogP contribution in [0, 0.1) is 5.41 Å². The Morgan fingerprint density at radius 1 is 1.39 bits per heavy atom. The van der Waals surface area contributed by atoms with Gasteiger partial charge in [-0.2, -0.15) is 0 Å². The zero-order valence-corrected chi connectivity index (χ0v) is 10.9. The molecule has 4 nitrogen and oxygen atoms in total. The van der Waals surface area contributed by atoms with E-state index >= 15 is 0 Å². The van der Waals surface area contributed by atoms with Gasteiger partial charge < -0.3 is 10.2 Å². The monoisotopic (exact) mass is 245 g/mol. The summed E-state index contributed by atoms with van der Waals surface area (Å²) in [7, 11) is 0. The number of amides is 1. The maximum Gasteiger partial charge on any atom is 0.234 e. The molecule has 2 saturated heterocycles. The van der Waals surface area contributed by atoms with Crippen LogP contribution in [0.4, 0.5) is 5.69 Å². The Balaban J connectivity index is 2.02. The molecule has 96 valence electrons. The van der Waals surface area contributed by atoms with Crippen LogP contribution in [0.3, 0.4) is 0 Å². The molecule has 2 atom stereocenters. The van der Waals surface area contributed by atoms with Crippen molar-refractivity contribution in [3.63, 3.8) is 0 Å². The number of carbonyl (C=O) groups excluding carboxylic acids is 1. The molecule has 1 N–H and O–H groups in total. The van der Waals surface area contributed by atoms with E-state index < -0.39 is 0 Å². The number of anilines is 1. The van der Waals surface area contributed by atoms with Gasteiger partial charge in [0.15, 0.2) is 0 Å². The first kappa shape index (κ1) is 11.7. The highest BCUT2D eigenvalue weighted by atomic mass is 16.2. The number of rotatable bonds is 1. The molecule has 1 amide bonds. The highest BCUT2D eigenvalue weighted by molar-refractivity contribution is 6.01. The van der Waals surface area contributed by atoms with Crippen molar-refractivity contribution in [2.75, 3.05) is 11.4 Å². The summed E-state index contributed by atoms with van der Waals surface area (Å²) in [6.45, 7) is 5.11. The molecule has 0 bridgehead atoms. The van der Waals surface area contributed by atoms with Gasteiger partial charge in [0.05, 0.1) is 11.5 Å². The Hall–Kier alpha value is -1.42. The van der Waals surface area contributed by atoms with Gasteiger partial charge >= 0.3 is 0 Å². The van der Waals surface area contributed by atoms with Crippen LogP contribution in [0.2, 0.25) is 0 Å². The Labute approximate surface area is 107 Å².